The Hall–Kier alpha value is -1.32. The molecule has 2 saturated heterocycles. The second-order valence-electron chi connectivity index (χ2n) is 7.12. The van der Waals surface area contributed by atoms with Crippen LogP contribution in [0.2, 0.25) is 0 Å². The lowest BCUT2D eigenvalue weighted by Gasteiger charge is -2.47. The molecule has 112 valence electrons. The van der Waals surface area contributed by atoms with Crippen molar-refractivity contribution >= 4 is 11.8 Å². The zero-order valence-electron chi connectivity index (χ0n) is 12.8. The summed E-state index contributed by atoms with van der Waals surface area (Å²) in [7, 11) is 0. The number of carbonyl (C=O) groups is 2. The fourth-order valence-corrected chi connectivity index (χ4v) is 3.01. The second-order valence-corrected chi connectivity index (χ2v) is 7.12. The Morgan fingerprint density at radius 1 is 1.45 bits per heavy atom. The first-order valence-corrected chi connectivity index (χ1v) is 7.53. The van der Waals surface area contributed by atoms with Gasteiger partial charge in [0, 0.05) is 11.5 Å². The molecule has 0 aromatic heterocycles. The van der Waals surface area contributed by atoms with E-state index in [-0.39, 0.29) is 11.8 Å². The SMILES string of the molecule is C=C(C)CCC(C)(C)C(=O)NC12CCC(CC1)NC2=O. The topological polar surface area (TPSA) is 58.2 Å². The van der Waals surface area contributed by atoms with Crippen molar-refractivity contribution in [3.05, 3.63) is 12.2 Å². The minimum atomic E-state index is -0.660. The van der Waals surface area contributed by atoms with Crippen molar-refractivity contribution in [1.82, 2.24) is 10.6 Å². The zero-order chi connectivity index (χ0) is 15.0. The van der Waals surface area contributed by atoms with E-state index >= 15 is 0 Å². The van der Waals surface area contributed by atoms with E-state index in [2.05, 4.69) is 17.2 Å². The third-order valence-corrected chi connectivity index (χ3v) is 4.75. The minimum Gasteiger partial charge on any atom is -0.351 e. The van der Waals surface area contributed by atoms with E-state index in [1.54, 1.807) is 0 Å². The lowest BCUT2D eigenvalue weighted by molar-refractivity contribution is -0.143. The van der Waals surface area contributed by atoms with Gasteiger partial charge in [0.15, 0.2) is 0 Å². The molecule has 2 amide bonds. The van der Waals surface area contributed by atoms with Crippen LogP contribution in [0.15, 0.2) is 12.2 Å². The molecular formula is C16H26N2O2. The highest BCUT2D eigenvalue weighted by atomic mass is 16.2. The van der Waals surface area contributed by atoms with Crippen molar-refractivity contribution < 1.29 is 9.59 Å². The highest BCUT2D eigenvalue weighted by Crippen LogP contribution is 2.35. The molecule has 3 rings (SSSR count). The monoisotopic (exact) mass is 278 g/mol. The maximum absolute atomic E-state index is 12.6. The van der Waals surface area contributed by atoms with E-state index in [1.807, 2.05) is 20.8 Å². The van der Waals surface area contributed by atoms with Gasteiger partial charge in [-0.2, -0.15) is 0 Å². The van der Waals surface area contributed by atoms with Crippen LogP contribution in [0.25, 0.3) is 0 Å². The number of carbonyl (C=O) groups excluding carboxylic acids is 2. The van der Waals surface area contributed by atoms with Crippen LogP contribution in [0.5, 0.6) is 0 Å². The molecule has 0 aromatic carbocycles. The third-order valence-electron chi connectivity index (χ3n) is 4.75. The highest BCUT2D eigenvalue weighted by molar-refractivity contribution is 5.94. The summed E-state index contributed by atoms with van der Waals surface area (Å²) in [5.41, 5.74) is -0.0471. The van der Waals surface area contributed by atoms with E-state index in [4.69, 9.17) is 0 Å². The van der Waals surface area contributed by atoms with E-state index in [0.717, 1.165) is 44.1 Å². The van der Waals surface area contributed by atoms with Crippen LogP contribution in [0.4, 0.5) is 0 Å². The molecule has 0 atom stereocenters. The summed E-state index contributed by atoms with van der Waals surface area (Å²) in [6.45, 7) is 9.74. The van der Waals surface area contributed by atoms with Crippen molar-refractivity contribution in [2.45, 2.75) is 70.9 Å². The normalized spacial score (nSPS) is 28.9. The number of hydrogen-bond acceptors (Lipinski definition) is 2. The lowest BCUT2D eigenvalue weighted by atomic mass is 9.73. The first kappa shape index (κ1) is 15.1. The van der Waals surface area contributed by atoms with Gasteiger partial charge in [0.05, 0.1) is 0 Å². The number of nitrogens with one attached hydrogen (secondary N) is 2. The fraction of sp³-hybridized carbons (Fsp3) is 0.750. The van der Waals surface area contributed by atoms with Crippen molar-refractivity contribution in [3.8, 4) is 0 Å². The Morgan fingerprint density at radius 3 is 2.55 bits per heavy atom. The van der Waals surface area contributed by atoms with Gasteiger partial charge in [-0.3, -0.25) is 9.59 Å². The average Bonchev–Trinajstić information content (AvgIpc) is 2.38. The number of piperidine rings is 2. The molecular weight excluding hydrogens is 252 g/mol. The van der Waals surface area contributed by atoms with Gasteiger partial charge < -0.3 is 10.6 Å². The molecule has 0 radical (unpaired) electrons. The highest BCUT2D eigenvalue weighted by Gasteiger charge is 2.49. The Balaban J connectivity index is 2.02. The van der Waals surface area contributed by atoms with Gasteiger partial charge in [0.2, 0.25) is 11.8 Å². The molecule has 0 unspecified atom stereocenters. The van der Waals surface area contributed by atoms with Crippen molar-refractivity contribution in [1.29, 1.82) is 0 Å². The standard InChI is InChI=1S/C16H26N2O2/c1-11(2)5-8-15(3,4)13(19)18-16-9-6-12(7-10-16)17-14(16)20/h12H,1,5-10H2,2-4H3,(H,17,20)(H,18,19). The molecule has 0 aromatic rings. The van der Waals surface area contributed by atoms with Gasteiger partial charge in [0.1, 0.15) is 5.54 Å². The first-order valence-electron chi connectivity index (χ1n) is 7.53. The number of allylic oxidation sites excluding steroid dienone is 1. The van der Waals surface area contributed by atoms with Crippen LogP contribution in [-0.2, 0) is 9.59 Å². The summed E-state index contributed by atoms with van der Waals surface area (Å²) in [4.78, 5) is 24.7. The van der Waals surface area contributed by atoms with Crippen LogP contribution in [0, 0.1) is 5.41 Å². The van der Waals surface area contributed by atoms with Crippen molar-refractivity contribution in [2.24, 2.45) is 5.41 Å². The van der Waals surface area contributed by atoms with Gasteiger partial charge >= 0.3 is 0 Å². The number of amides is 2. The first-order chi connectivity index (χ1) is 9.25. The van der Waals surface area contributed by atoms with Crippen molar-refractivity contribution in [3.63, 3.8) is 0 Å². The summed E-state index contributed by atoms with van der Waals surface area (Å²) >= 11 is 0. The Morgan fingerprint density at radius 2 is 2.05 bits per heavy atom. The Kier molecular flexibility index (Phi) is 3.94. The summed E-state index contributed by atoms with van der Waals surface area (Å²) < 4.78 is 0. The number of hydrogen-bond donors (Lipinski definition) is 2. The molecule has 2 aliphatic heterocycles. The van der Waals surface area contributed by atoms with Crippen LogP contribution in [-0.4, -0.2) is 23.4 Å². The van der Waals surface area contributed by atoms with Gasteiger partial charge in [-0.05, 0) is 45.4 Å². The zero-order valence-corrected chi connectivity index (χ0v) is 12.8. The van der Waals surface area contributed by atoms with Gasteiger partial charge in [0.25, 0.3) is 0 Å². The summed E-state index contributed by atoms with van der Waals surface area (Å²) in [6, 6.07) is 0.317. The molecule has 3 fully saturated rings. The van der Waals surface area contributed by atoms with Gasteiger partial charge in [-0.1, -0.05) is 19.4 Å². The fourth-order valence-electron chi connectivity index (χ4n) is 3.01. The Bertz CT molecular complexity index is 432. The van der Waals surface area contributed by atoms with E-state index < -0.39 is 11.0 Å². The maximum Gasteiger partial charge on any atom is 0.245 e. The smallest absolute Gasteiger partial charge is 0.245 e. The molecule has 2 heterocycles. The van der Waals surface area contributed by atoms with Crippen LogP contribution < -0.4 is 10.6 Å². The van der Waals surface area contributed by atoms with Crippen molar-refractivity contribution in [2.75, 3.05) is 0 Å². The summed E-state index contributed by atoms with van der Waals surface area (Å²) in [5, 5.41) is 6.05. The molecule has 1 aliphatic carbocycles. The predicted octanol–water partition coefficient (Wildman–Crippen LogP) is 2.30. The molecule has 3 aliphatic rings. The average molecular weight is 278 g/mol. The van der Waals surface area contributed by atoms with E-state index in [0.29, 0.717) is 6.04 Å². The summed E-state index contributed by atoms with van der Waals surface area (Å²) in [6.07, 6.45) is 5.07. The molecule has 2 bridgehead atoms. The molecule has 0 spiro atoms. The Labute approximate surface area is 121 Å². The van der Waals surface area contributed by atoms with Gasteiger partial charge in [-0.25, -0.2) is 0 Å². The second kappa shape index (κ2) is 5.23. The number of rotatable bonds is 5. The number of fused-ring (bicyclic) bond motifs is 3. The van der Waals surface area contributed by atoms with Gasteiger partial charge in [-0.15, -0.1) is 6.58 Å². The minimum absolute atomic E-state index is 0.00375. The van der Waals surface area contributed by atoms with Crippen LogP contribution >= 0.6 is 0 Å². The maximum atomic E-state index is 12.6. The molecule has 2 N–H and O–H groups in total. The quantitative estimate of drug-likeness (QED) is 0.758. The van der Waals surface area contributed by atoms with Crippen LogP contribution in [0.3, 0.4) is 0 Å². The summed E-state index contributed by atoms with van der Waals surface area (Å²) in [5.74, 6) is -0.0155. The molecule has 20 heavy (non-hydrogen) atoms. The third kappa shape index (κ3) is 2.89. The lowest BCUT2D eigenvalue weighted by Crippen LogP contribution is -2.68. The molecule has 4 nitrogen and oxygen atoms in total. The van der Waals surface area contributed by atoms with E-state index in [9.17, 15) is 9.59 Å². The molecule has 1 saturated carbocycles. The largest absolute Gasteiger partial charge is 0.351 e. The van der Waals surface area contributed by atoms with E-state index in [1.165, 1.54) is 0 Å². The predicted molar refractivity (Wildman–Crippen MR) is 79.1 cm³/mol. The van der Waals surface area contributed by atoms with Crippen LogP contribution in [0.1, 0.15) is 59.3 Å². The molecule has 4 heteroatoms.